The van der Waals surface area contributed by atoms with Crippen LogP contribution in [0.1, 0.15) is 5.56 Å². The number of benzene rings is 1. The molecule has 2 aromatic rings. The Morgan fingerprint density at radius 3 is 2.61 bits per heavy atom. The van der Waals surface area contributed by atoms with Crippen molar-refractivity contribution in [1.82, 2.24) is 15.2 Å². The highest BCUT2D eigenvalue weighted by Crippen LogP contribution is 2.27. The number of aromatic nitrogens is 1. The quantitative estimate of drug-likeness (QED) is 0.646. The van der Waals surface area contributed by atoms with Gasteiger partial charge in [0, 0.05) is 51.7 Å². The van der Waals surface area contributed by atoms with E-state index in [0.717, 1.165) is 56.6 Å². The zero-order chi connectivity index (χ0) is 19.3. The van der Waals surface area contributed by atoms with Gasteiger partial charge in [-0.05, 0) is 30.2 Å². The number of guanidine groups is 1. The fourth-order valence-corrected chi connectivity index (χ4v) is 3.87. The lowest BCUT2D eigenvalue weighted by Gasteiger charge is -2.37. The van der Waals surface area contributed by atoms with Gasteiger partial charge in [0.1, 0.15) is 5.82 Å². The molecule has 0 saturated carbocycles. The van der Waals surface area contributed by atoms with Crippen LogP contribution in [0.5, 0.6) is 0 Å². The van der Waals surface area contributed by atoms with Gasteiger partial charge in [-0.2, -0.15) is 0 Å². The van der Waals surface area contributed by atoms with Gasteiger partial charge in [0.2, 0.25) is 5.91 Å². The lowest BCUT2D eigenvalue weighted by atomic mass is 10.2. The number of anilines is 2. The van der Waals surface area contributed by atoms with Crippen molar-refractivity contribution < 1.29 is 4.79 Å². The van der Waals surface area contributed by atoms with E-state index in [4.69, 9.17) is 0 Å². The number of para-hydroxylation sites is 1. The van der Waals surface area contributed by atoms with Crippen molar-refractivity contribution >= 4 is 23.4 Å². The number of amides is 1. The van der Waals surface area contributed by atoms with Gasteiger partial charge in [-0.25, -0.2) is 4.98 Å². The molecular formula is C21H26N6O. The summed E-state index contributed by atoms with van der Waals surface area (Å²) in [5.41, 5.74) is 2.28. The van der Waals surface area contributed by atoms with E-state index in [1.807, 2.05) is 47.5 Å². The third-order valence-electron chi connectivity index (χ3n) is 5.35. The average Bonchev–Trinajstić information content (AvgIpc) is 3.19. The number of pyridine rings is 1. The van der Waals surface area contributed by atoms with E-state index in [2.05, 4.69) is 31.2 Å². The summed E-state index contributed by atoms with van der Waals surface area (Å²) in [5.74, 6) is 1.87. The molecule has 3 heterocycles. The van der Waals surface area contributed by atoms with E-state index >= 15 is 0 Å². The number of rotatable bonds is 3. The van der Waals surface area contributed by atoms with Gasteiger partial charge >= 0.3 is 0 Å². The van der Waals surface area contributed by atoms with Gasteiger partial charge < -0.3 is 20.0 Å². The second kappa shape index (κ2) is 8.29. The molecule has 1 saturated heterocycles. The molecular weight excluding hydrogens is 352 g/mol. The van der Waals surface area contributed by atoms with E-state index < -0.39 is 0 Å². The largest absolute Gasteiger partial charge is 0.353 e. The lowest BCUT2D eigenvalue weighted by Crippen LogP contribution is -2.54. The standard InChI is InChI=1S/C21H26N6O/c1-22-21(26-14-12-25(13-15-26)19-8-4-5-10-23-19)24-16-20(28)27-11-9-17-6-2-3-7-18(17)27/h2-8,10H,9,11-16H2,1H3,(H,22,24). The van der Waals surface area contributed by atoms with Crippen LogP contribution >= 0.6 is 0 Å². The molecule has 146 valence electrons. The Morgan fingerprint density at radius 2 is 1.86 bits per heavy atom. The number of piperazine rings is 1. The zero-order valence-corrected chi connectivity index (χ0v) is 16.2. The molecule has 0 atom stereocenters. The summed E-state index contributed by atoms with van der Waals surface area (Å²) in [5, 5.41) is 3.25. The molecule has 0 spiro atoms. The van der Waals surface area contributed by atoms with Crippen molar-refractivity contribution in [2.24, 2.45) is 4.99 Å². The molecule has 0 unspecified atom stereocenters. The fraction of sp³-hybridized carbons (Fsp3) is 0.381. The van der Waals surface area contributed by atoms with E-state index in [1.54, 1.807) is 7.05 Å². The highest BCUT2D eigenvalue weighted by Gasteiger charge is 2.25. The van der Waals surface area contributed by atoms with Gasteiger partial charge in [0.15, 0.2) is 5.96 Å². The van der Waals surface area contributed by atoms with Crippen LogP contribution in [0.4, 0.5) is 11.5 Å². The Labute approximate surface area is 165 Å². The smallest absolute Gasteiger partial charge is 0.246 e. The molecule has 28 heavy (non-hydrogen) atoms. The molecule has 1 aromatic heterocycles. The Hall–Kier alpha value is -3.09. The Morgan fingerprint density at radius 1 is 1.07 bits per heavy atom. The third kappa shape index (κ3) is 3.78. The van der Waals surface area contributed by atoms with Crippen LogP contribution in [-0.4, -0.2) is 68.1 Å². The molecule has 0 radical (unpaired) electrons. The number of hydrogen-bond acceptors (Lipinski definition) is 4. The van der Waals surface area contributed by atoms with E-state index in [1.165, 1.54) is 5.56 Å². The van der Waals surface area contributed by atoms with Crippen molar-refractivity contribution in [3.05, 3.63) is 54.2 Å². The number of carbonyl (C=O) groups is 1. The predicted octanol–water partition coefficient (Wildman–Crippen LogP) is 1.37. The summed E-state index contributed by atoms with van der Waals surface area (Å²) >= 11 is 0. The predicted molar refractivity (Wildman–Crippen MR) is 112 cm³/mol. The van der Waals surface area contributed by atoms with Crippen LogP contribution in [0.15, 0.2) is 53.7 Å². The number of hydrogen-bond donors (Lipinski definition) is 1. The van der Waals surface area contributed by atoms with Crippen molar-refractivity contribution in [2.75, 3.05) is 56.1 Å². The summed E-state index contributed by atoms with van der Waals surface area (Å²) in [6.45, 7) is 4.45. The maximum absolute atomic E-state index is 12.7. The number of aliphatic imine (C=N–C) groups is 1. The SMILES string of the molecule is CN=C(NCC(=O)N1CCc2ccccc21)N1CCN(c2ccccn2)CC1. The lowest BCUT2D eigenvalue weighted by molar-refractivity contribution is -0.117. The molecule has 1 aromatic carbocycles. The monoisotopic (exact) mass is 378 g/mol. The van der Waals surface area contributed by atoms with Gasteiger partial charge in [-0.3, -0.25) is 9.79 Å². The topological polar surface area (TPSA) is 64.1 Å². The first-order valence-corrected chi connectivity index (χ1v) is 9.76. The van der Waals surface area contributed by atoms with E-state index in [-0.39, 0.29) is 12.5 Å². The van der Waals surface area contributed by atoms with Crippen LogP contribution in [0.2, 0.25) is 0 Å². The van der Waals surface area contributed by atoms with Gasteiger partial charge in [0.25, 0.3) is 0 Å². The van der Waals surface area contributed by atoms with E-state index in [9.17, 15) is 4.79 Å². The fourth-order valence-electron chi connectivity index (χ4n) is 3.87. The van der Waals surface area contributed by atoms with Crippen LogP contribution in [-0.2, 0) is 11.2 Å². The summed E-state index contributed by atoms with van der Waals surface area (Å²) in [4.78, 5) is 27.9. The Bertz CT molecular complexity index is 845. The van der Waals surface area contributed by atoms with Crippen LogP contribution in [0, 0.1) is 0 Å². The van der Waals surface area contributed by atoms with Crippen molar-refractivity contribution in [3.63, 3.8) is 0 Å². The number of nitrogens with zero attached hydrogens (tertiary/aromatic N) is 5. The van der Waals surface area contributed by atoms with Crippen molar-refractivity contribution in [2.45, 2.75) is 6.42 Å². The maximum atomic E-state index is 12.7. The molecule has 0 aliphatic carbocycles. The van der Waals surface area contributed by atoms with Gasteiger partial charge in [-0.1, -0.05) is 24.3 Å². The highest BCUT2D eigenvalue weighted by molar-refractivity contribution is 5.98. The molecule has 1 N–H and O–H groups in total. The first-order valence-electron chi connectivity index (χ1n) is 9.76. The Balaban J connectivity index is 1.31. The second-order valence-corrected chi connectivity index (χ2v) is 6.99. The van der Waals surface area contributed by atoms with Gasteiger partial charge in [0.05, 0.1) is 6.54 Å². The first-order chi connectivity index (χ1) is 13.8. The van der Waals surface area contributed by atoms with E-state index in [0.29, 0.717) is 0 Å². The Kier molecular flexibility index (Phi) is 5.41. The number of fused-ring (bicyclic) bond motifs is 1. The summed E-state index contributed by atoms with van der Waals surface area (Å²) < 4.78 is 0. The minimum atomic E-state index is 0.0817. The summed E-state index contributed by atoms with van der Waals surface area (Å²) in [7, 11) is 1.77. The summed E-state index contributed by atoms with van der Waals surface area (Å²) in [6, 6.07) is 14.1. The normalized spacial score (nSPS) is 16.9. The molecule has 7 nitrogen and oxygen atoms in total. The molecule has 0 bridgehead atoms. The molecule has 7 heteroatoms. The van der Waals surface area contributed by atoms with Gasteiger partial charge in [-0.15, -0.1) is 0 Å². The summed E-state index contributed by atoms with van der Waals surface area (Å²) in [6.07, 6.45) is 2.75. The second-order valence-electron chi connectivity index (χ2n) is 6.99. The average molecular weight is 378 g/mol. The van der Waals surface area contributed by atoms with Crippen molar-refractivity contribution in [3.8, 4) is 0 Å². The van der Waals surface area contributed by atoms with Crippen LogP contribution < -0.4 is 15.1 Å². The van der Waals surface area contributed by atoms with Crippen LogP contribution in [0.25, 0.3) is 0 Å². The number of carbonyl (C=O) groups excluding carboxylic acids is 1. The first kappa shape index (κ1) is 18.3. The maximum Gasteiger partial charge on any atom is 0.246 e. The number of nitrogens with one attached hydrogen (secondary N) is 1. The molecule has 1 amide bonds. The van der Waals surface area contributed by atoms with Crippen LogP contribution in [0.3, 0.4) is 0 Å². The molecule has 4 rings (SSSR count). The van der Waals surface area contributed by atoms with Crippen molar-refractivity contribution in [1.29, 1.82) is 0 Å². The molecule has 2 aliphatic heterocycles. The third-order valence-corrected chi connectivity index (χ3v) is 5.35. The zero-order valence-electron chi connectivity index (χ0n) is 16.2. The highest BCUT2D eigenvalue weighted by atomic mass is 16.2. The minimum Gasteiger partial charge on any atom is -0.353 e. The minimum absolute atomic E-state index is 0.0817. The molecule has 2 aliphatic rings. The molecule has 1 fully saturated rings.